The van der Waals surface area contributed by atoms with Crippen LogP contribution in [0.3, 0.4) is 0 Å². The monoisotopic (exact) mass is 187 g/mol. The van der Waals surface area contributed by atoms with Crippen molar-refractivity contribution in [1.82, 2.24) is 0 Å². The van der Waals surface area contributed by atoms with E-state index in [9.17, 15) is 9.90 Å². The molecule has 12 heavy (non-hydrogen) atoms. The second-order valence-electron chi connectivity index (χ2n) is 3.25. The van der Waals surface area contributed by atoms with Gasteiger partial charge in [-0.05, 0) is 25.0 Å². The highest BCUT2D eigenvalue weighted by atomic mass is 32.2. The minimum Gasteiger partial charge on any atom is -0.550 e. The van der Waals surface area contributed by atoms with Crippen LogP contribution in [0.25, 0.3) is 0 Å². The van der Waals surface area contributed by atoms with Gasteiger partial charge in [-0.1, -0.05) is 19.3 Å². The van der Waals surface area contributed by atoms with Gasteiger partial charge in [-0.25, -0.2) is 0 Å². The summed E-state index contributed by atoms with van der Waals surface area (Å²) in [5.41, 5.74) is 0. The van der Waals surface area contributed by atoms with Gasteiger partial charge in [0.1, 0.15) is 0 Å². The quantitative estimate of drug-likeness (QED) is 0.664. The summed E-state index contributed by atoms with van der Waals surface area (Å²) >= 11 is 1.80. The molecule has 0 saturated heterocycles. The van der Waals surface area contributed by atoms with Crippen LogP contribution >= 0.6 is 11.8 Å². The molecule has 0 heterocycles. The lowest BCUT2D eigenvalue weighted by atomic mass is 10.0. The van der Waals surface area contributed by atoms with Crippen LogP contribution in [-0.4, -0.2) is 17.0 Å². The molecule has 0 aromatic carbocycles. The summed E-state index contributed by atoms with van der Waals surface area (Å²) in [5.74, 6) is -0.189. The zero-order valence-corrected chi connectivity index (χ0v) is 8.07. The van der Waals surface area contributed by atoms with E-state index in [2.05, 4.69) is 0 Å². The number of hydrogen-bond acceptors (Lipinski definition) is 3. The Kier molecular flexibility index (Phi) is 4.51. The van der Waals surface area contributed by atoms with E-state index in [0.29, 0.717) is 0 Å². The number of hydrogen-bond donors (Lipinski definition) is 0. The highest BCUT2D eigenvalue weighted by Crippen LogP contribution is 2.28. The molecule has 0 N–H and O–H groups in total. The number of carbonyl (C=O) groups is 1. The zero-order chi connectivity index (χ0) is 8.81. The Hall–Kier alpha value is -0.180. The Morgan fingerprint density at radius 2 is 2.00 bits per heavy atom. The number of thioether (sulfide) groups is 1. The van der Waals surface area contributed by atoms with E-state index in [1.807, 2.05) is 0 Å². The van der Waals surface area contributed by atoms with Crippen LogP contribution in [0.5, 0.6) is 0 Å². The van der Waals surface area contributed by atoms with Gasteiger partial charge < -0.3 is 9.90 Å². The summed E-state index contributed by atoms with van der Waals surface area (Å²) in [4.78, 5) is 10.1. The zero-order valence-electron chi connectivity index (χ0n) is 7.25. The molecular weight excluding hydrogens is 172 g/mol. The molecular formula is C9H15O2S-. The van der Waals surface area contributed by atoms with Crippen LogP contribution in [-0.2, 0) is 4.79 Å². The van der Waals surface area contributed by atoms with Gasteiger partial charge in [-0.3, -0.25) is 0 Å². The van der Waals surface area contributed by atoms with Gasteiger partial charge in [0.15, 0.2) is 0 Å². The van der Waals surface area contributed by atoms with Gasteiger partial charge in [0.2, 0.25) is 0 Å². The molecule has 1 aliphatic carbocycles. The third kappa shape index (κ3) is 4.00. The van der Waals surface area contributed by atoms with Gasteiger partial charge in [0.05, 0.1) is 0 Å². The molecule has 0 aromatic heterocycles. The molecule has 1 fully saturated rings. The van der Waals surface area contributed by atoms with Crippen molar-refractivity contribution in [3.8, 4) is 0 Å². The average Bonchev–Trinajstić information content (AvgIpc) is 2.05. The normalized spacial score (nSPS) is 19.3. The molecule has 1 saturated carbocycles. The number of rotatable bonds is 4. The van der Waals surface area contributed by atoms with Crippen molar-refractivity contribution in [2.24, 2.45) is 0 Å². The molecule has 2 nitrogen and oxygen atoms in total. The average molecular weight is 187 g/mol. The highest BCUT2D eigenvalue weighted by Gasteiger charge is 2.12. The fourth-order valence-electron chi connectivity index (χ4n) is 1.54. The van der Waals surface area contributed by atoms with Gasteiger partial charge >= 0.3 is 0 Å². The lowest BCUT2D eigenvalue weighted by molar-refractivity contribution is -0.305. The number of aliphatic carboxylic acids is 1. The van der Waals surface area contributed by atoms with Gasteiger partial charge in [0.25, 0.3) is 0 Å². The van der Waals surface area contributed by atoms with Crippen LogP contribution < -0.4 is 5.11 Å². The Bertz CT molecular complexity index is 141. The smallest absolute Gasteiger partial charge is 0.0422 e. The van der Waals surface area contributed by atoms with Crippen LogP contribution in [0.15, 0.2) is 0 Å². The maximum absolute atomic E-state index is 10.1. The summed E-state index contributed by atoms with van der Waals surface area (Å²) in [5, 5.41) is 10.8. The lowest BCUT2D eigenvalue weighted by Crippen LogP contribution is -2.23. The maximum Gasteiger partial charge on any atom is 0.0422 e. The Balaban J connectivity index is 2.01. The summed E-state index contributed by atoms with van der Waals surface area (Å²) in [6, 6.07) is 0. The fraction of sp³-hybridized carbons (Fsp3) is 0.889. The first-order valence-corrected chi connectivity index (χ1v) is 5.65. The van der Waals surface area contributed by atoms with E-state index in [1.54, 1.807) is 11.8 Å². The molecule has 0 atom stereocenters. The minimum atomic E-state index is -0.918. The molecule has 1 aliphatic rings. The standard InChI is InChI=1S/C9H16O2S/c10-9(11)6-7-12-8-4-2-1-3-5-8/h8H,1-7H2,(H,10,11)/p-1. The third-order valence-corrected chi connectivity index (χ3v) is 3.59. The molecule has 0 unspecified atom stereocenters. The molecule has 0 aliphatic heterocycles. The van der Waals surface area contributed by atoms with E-state index in [0.717, 1.165) is 11.0 Å². The second-order valence-corrected chi connectivity index (χ2v) is 4.66. The maximum atomic E-state index is 10.1. The number of carboxylic acids is 1. The molecule has 0 radical (unpaired) electrons. The van der Waals surface area contributed by atoms with Crippen molar-refractivity contribution in [1.29, 1.82) is 0 Å². The van der Waals surface area contributed by atoms with E-state index < -0.39 is 5.97 Å². The molecule has 0 amide bonds. The first kappa shape index (κ1) is 9.90. The lowest BCUT2D eigenvalue weighted by Gasteiger charge is -2.20. The first-order chi connectivity index (χ1) is 5.79. The summed E-state index contributed by atoms with van der Waals surface area (Å²) in [6.45, 7) is 0. The summed E-state index contributed by atoms with van der Waals surface area (Å²) < 4.78 is 0. The highest BCUT2D eigenvalue weighted by molar-refractivity contribution is 7.99. The van der Waals surface area contributed by atoms with Crippen molar-refractivity contribution in [2.45, 2.75) is 43.8 Å². The third-order valence-electron chi connectivity index (χ3n) is 2.21. The van der Waals surface area contributed by atoms with Crippen LogP contribution in [0.2, 0.25) is 0 Å². The predicted molar refractivity (Wildman–Crippen MR) is 49.0 cm³/mol. The van der Waals surface area contributed by atoms with Crippen LogP contribution in [0, 0.1) is 0 Å². The fourth-order valence-corrected chi connectivity index (χ4v) is 2.83. The molecule has 70 valence electrons. The molecule has 0 spiro atoms. The number of carbonyl (C=O) groups excluding carboxylic acids is 1. The first-order valence-electron chi connectivity index (χ1n) is 4.60. The van der Waals surface area contributed by atoms with Crippen LogP contribution in [0.1, 0.15) is 38.5 Å². The van der Waals surface area contributed by atoms with E-state index in [4.69, 9.17) is 0 Å². The van der Waals surface area contributed by atoms with Crippen molar-refractivity contribution in [3.05, 3.63) is 0 Å². The van der Waals surface area contributed by atoms with Crippen LogP contribution in [0.4, 0.5) is 0 Å². The van der Waals surface area contributed by atoms with Crippen molar-refractivity contribution >= 4 is 17.7 Å². The van der Waals surface area contributed by atoms with Gasteiger partial charge in [0, 0.05) is 11.2 Å². The van der Waals surface area contributed by atoms with Gasteiger partial charge in [-0.15, -0.1) is 0 Å². The molecule has 0 bridgehead atoms. The summed E-state index contributed by atoms with van der Waals surface area (Å²) in [6.07, 6.45) is 6.76. The Morgan fingerprint density at radius 3 is 2.58 bits per heavy atom. The minimum absolute atomic E-state index is 0.209. The Labute approximate surface area is 77.7 Å². The molecule has 0 aromatic rings. The summed E-state index contributed by atoms with van der Waals surface area (Å²) in [7, 11) is 0. The van der Waals surface area contributed by atoms with Crippen molar-refractivity contribution in [2.75, 3.05) is 5.75 Å². The topological polar surface area (TPSA) is 40.1 Å². The molecule has 1 rings (SSSR count). The second kappa shape index (κ2) is 5.46. The van der Waals surface area contributed by atoms with E-state index in [-0.39, 0.29) is 6.42 Å². The van der Waals surface area contributed by atoms with Crippen molar-refractivity contribution < 1.29 is 9.90 Å². The Morgan fingerprint density at radius 1 is 1.33 bits per heavy atom. The largest absolute Gasteiger partial charge is 0.550 e. The predicted octanol–water partition coefficient (Wildman–Crippen LogP) is 1.19. The van der Waals surface area contributed by atoms with Crippen molar-refractivity contribution in [3.63, 3.8) is 0 Å². The SMILES string of the molecule is O=C([O-])CCSC1CCCCC1. The van der Waals surface area contributed by atoms with E-state index in [1.165, 1.54) is 32.1 Å². The number of carboxylic acid groups (broad SMARTS) is 1. The van der Waals surface area contributed by atoms with Gasteiger partial charge in [-0.2, -0.15) is 11.8 Å². The van der Waals surface area contributed by atoms with E-state index >= 15 is 0 Å². The molecule has 3 heteroatoms.